The molecule has 3 aromatic rings. The fourth-order valence-electron chi connectivity index (χ4n) is 3.75. The summed E-state index contributed by atoms with van der Waals surface area (Å²) in [6.45, 7) is 0.0846. The molecule has 0 spiro atoms. The monoisotopic (exact) mass is 542 g/mol. The molecular weight excluding hydrogens is 522 g/mol. The molecule has 35 heavy (non-hydrogen) atoms. The Bertz CT molecular complexity index is 1640. The predicted molar refractivity (Wildman–Crippen MR) is 126 cm³/mol. The van der Waals surface area contributed by atoms with Crippen LogP contribution in [0.1, 0.15) is 12.0 Å². The highest BCUT2D eigenvalue weighted by Crippen LogP contribution is 2.35. The van der Waals surface area contributed by atoms with Crippen LogP contribution in [0.3, 0.4) is 0 Å². The summed E-state index contributed by atoms with van der Waals surface area (Å²) in [7, 11) is -12.3. The van der Waals surface area contributed by atoms with Crippen molar-refractivity contribution >= 4 is 41.3 Å². The van der Waals surface area contributed by atoms with Gasteiger partial charge in [0.2, 0.25) is 0 Å². The molecule has 0 saturated carbocycles. The van der Waals surface area contributed by atoms with Gasteiger partial charge in [0.25, 0.3) is 20.0 Å². The number of benzene rings is 3. The Labute approximate surface area is 202 Å². The molecule has 13 heteroatoms. The smallest absolute Gasteiger partial charge is 0.264 e. The summed E-state index contributed by atoms with van der Waals surface area (Å²) in [5.74, 6) is -2.21. The number of sulfone groups is 1. The fraction of sp³-hybridized carbons (Fsp3) is 0.182. The first-order valence-electron chi connectivity index (χ1n) is 10.2. The van der Waals surface area contributed by atoms with E-state index in [0.717, 1.165) is 28.8 Å². The molecule has 0 aromatic heterocycles. The average molecular weight is 543 g/mol. The van der Waals surface area contributed by atoms with Gasteiger partial charge in [0.1, 0.15) is 16.5 Å². The van der Waals surface area contributed by atoms with Gasteiger partial charge in [0.05, 0.1) is 21.2 Å². The van der Waals surface area contributed by atoms with Crippen LogP contribution < -0.4 is 9.03 Å². The number of nitrogens with one attached hydrogen (secondary N) is 1. The van der Waals surface area contributed by atoms with Gasteiger partial charge >= 0.3 is 0 Å². The molecule has 0 amide bonds. The maximum absolute atomic E-state index is 14.1. The van der Waals surface area contributed by atoms with Crippen molar-refractivity contribution in [3.63, 3.8) is 0 Å². The van der Waals surface area contributed by atoms with Gasteiger partial charge in [-0.25, -0.2) is 34.0 Å². The Hall–Kier alpha value is -3.03. The highest BCUT2D eigenvalue weighted by Gasteiger charge is 2.30. The predicted octanol–water partition coefficient (Wildman–Crippen LogP) is 3.31. The highest BCUT2D eigenvalue weighted by molar-refractivity contribution is 7.93. The zero-order chi connectivity index (χ0) is 25.6. The van der Waals surface area contributed by atoms with Crippen LogP contribution in [0.5, 0.6) is 0 Å². The summed E-state index contributed by atoms with van der Waals surface area (Å²) in [5.41, 5.74) is 0.815. The van der Waals surface area contributed by atoms with E-state index in [9.17, 15) is 34.0 Å². The van der Waals surface area contributed by atoms with Crippen LogP contribution in [0, 0.1) is 11.6 Å². The quantitative estimate of drug-likeness (QED) is 0.511. The van der Waals surface area contributed by atoms with Gasteiger partial charge in [-0.2, -0.15) is 0 Å². The van der Waals surface area contributed by atoms with Crippen molar-refractivity contribution < 1.29 is 34.0 Å². The summed E-state index contributed by atoms with van der Waals surface area (Å²) >= 11 is 0. The lowest BCUT2D eigenvalue weighted by Crippen LogP contribution is -2.35. The molecule has 8 nitrogen and oxygen atoms in total. The standard InChI is InChI=1S/C22H20F2N2O6S3/c1-33(27,28)18-5-2-6-19(14-18)35(31,32)26-11-3-4-15-7-9-17(13-21(15)26)25-34(29,30)22-10-8-16(23)12-20(22)24/h2,5-10,12-14,25H,3-4,11H2,1H3. The first kappa shape index (κ1) is 25.1. The van der Waals surface area contributed by atoms with Crippen LogP contribution in [0.15, 0.2) is 75.4 Å². The molecule has 0 saturated heterocycles. The van der Waals surface area contributed by atoms with Gasteiger partial charge in [0.15, 0.2) is 9.84 Å². The maximum Gasteiger partial charge on any atom is 0.264 e. The topological polar surface area (TPSA) is 118 Å². The zero-order valence-corrected chi connectivity index (χ0v) is 20.7. The van der Waals surface area contributed by atoms with Gasteiger partial charge in [-0.05, 0) is 60.9 Å². The van der Waals surface area contributed by atoms with Crippen LogP contribution in [-0.2, 0) is 36.3 Å². The Morgan fingerprint density at radius 1 is 0.857 bits per heavy atom. The Balaban J connectivity index is 1.73. The molecule has 1 aliphatic heterocycles. The van der Waals surface area contributed by atoms with Gasteiger partial charge < -0.3 is 0 Å². The van der Waals surface area contributed by atoms with Crippen LogP contribution >= 0.6 is 0 Å². The lowest BCUT2D eigenvalue weighted by atomic mass is 10.0. The lowest BCUT2D eigenvalue weighted by Gasteiger charge is -2.31. The minimum absolute atomic E-state index is 0.0283. The minimum Gasteiger partial charge on any atom is -0.279 e. The van der Waals surface area contributed by atoms with Crippen molar-refractivity contribution in [2.24, 2.45) is 0 Å². The second-order valence-electron chi connectivity index (χ2n) is 7.95. The summed E-state index contributed by atoms with van der Waals surface area (Å²) in [6, 6.07) is 11.3. The van der Waals surface area contributed by atoms with E-state index in [2.05, 4.69) is 4.72 Å². The minimum atomic E-state index is -4.44. The Morgan fingerprint density at radius 3 is 2.26 bits per heavy atom. The third-order valence-corrected chi connectivity index (χ3v) is 9.75. The van der Waals surface area contributed by atoms with E-state index >= 15 is 0 Å². The van der Waals surface area contributed by atoms with Crippen LogP contribution in [0.2, 0.25) is 0 Å². The van der Waals surface area contributed by atoms with Crippen molar-refractivity contribution in [1.82, 2.24) is 0 Å². The number of nitrogens with zero attached hydrogens (tertiary/aromatic N) is 1. The van der Waals surface area contributed by atoms with Crippen molar-refractivity contribution in [3.8, 4) is 0 Å². The van der Waals surface area contributed by atoms with Gasteiger partial charge in [-0.1, -0.05) is 12.1 Å². The molecule has 3 aromatic carbocycles. The molecule has 1 N–H and O–H groups in total. The third kappa shape index (κ3) is 5.02. The van der Waals surface area contributed by atoms with E-state index < -0.39 is 46.4 Å². The molecule has 0 unspecified atom stereocenters. The van der Waals surface area contributed by atoms with E-state index in [0.29, 0.717) is 24.5 Å². The highest BCUT2D eigenvalue weighted by atomic mass is 32.2. The molecule has 4 rings (SSSR count). The summed E-state index contributed by atoms with van der Waals surface area (Å²) < 4.78 is 107. The summed E-state index contributed by atoms with van der Waals surface area (Å²) in [4.78, 5) is -1.15. The third-order valence-electron chi connectivity index (χ3n) is 5.42. The lowest BCUT2D eigenvalue weighted by molar-refractivity contribution is 0.551. The van der Waals surface area contributed by atoms with Crippen molar-refractivity contribution in [3.05, 3.63) is 77.9 Å². The van der Waals surface area contributed by atoms with Crippen molar-refractivity contribution in [1.29, 1.82) is 0 Å². The number of rotatable bonds is 6. The largest absolute Gasteiger partial charge is 0.279 e. The molecule has 186 valence electrons. The van der Waals surface area contributed by atoms with Gasteiger partial charge in [-0.15, -0.1) is 0 Å². The molecule has 1 aliphatic rings. The van der Waals surface area contributed by atoms with Crippen LogP contribution in [0.4, 0.5) is 20.2 Å². The Morgan fingerprint density at radius 2 is 1.57 bits per heavy atom. The van der Waals surface area contributed by atoms with Gasteiger partial charge in [-0.3, -0.25) is 9.03 Å². The molecule has 1 heterocycles. The molecule has 0 radical (unpaired) electrons. The maximum atomic E-state index is 14.1. The van der Waals surface area contributed by atoms with E-state index in [1.54, 1.807) is 6.07 Å². The first-order valence-corrected chi connectivity index (χ1v) is 15.0. The van der Waals surface area contributed by atoms with E-state index in [1.807, 2.05) is 0 Å². The number of hydrogen-bond donors (Lipinski definition) is 1. The van der Waals surface area contributed by atoms with Crippen molar-refractivity contribution in [2.75, 3.05) is 21.8 Å². The molecule has 0 bridgehead atoms. The number of anilines is 2. The second-order valence-corrected chi connectivity index (χ2v) is 13.5. The van der Waals surface area contributed by atoms with E-state index in [1.165, 1.54) is 30.3 Å². The Kier molecular flexibility index (Phi) is 6.36. The van der Waals surface area contributed by atoms with Crippen LogP contribution in [-0.4, -0.2) is 38.1 Å². The first-order chi connectivity index (χ1) is 16.3. The van der Waals surface area contributed by atoms with Crippen LogP contribution in [0.25, 0.3) is 0 Å². The molecule has 0 fully saturated rings. The van der Waals surface area contributed by atoms with Crippen molar-refractivity contribution in [2.45, 2.75) is 27.5 Å². The van der Waals surface area contributed by atoms with E-state index in [-0.39, 0.29) is 27.7 Å². The average Bonchev–Trinajstić information content (AvgIpc) is 2.77. The van der Waals surface area contributed by atoms with E-state index in [4.69, 9.17) is 0 Å². The molecule has 0 atom stereocenters. The number of halogens is 2. The SMILES string of the molecule is CS(=O)(=O)c1cccc(S(=O)(=O)N2CCCc3ccc(NS(=O)(=O)c4ccc(F)cc4F)cc32)c1. The molecule has 0 aliphatic carbocycles. The molecular formula is C22H20F2N2O6S3. The summed E-state index contributed by atoms with van der Waals surface area (Å²) in [5, 5.41) is 0. The number of aryl methyl sites for hydroxylation is 1. The second kappa shape index (κ2) is 8.88. The normalized spacial score (nSPS) is 14.4. The summed E-state index contributed by atoms with van der Waals surface area (Å²) in [6.07, 6.45) is 1.99. The number of hydrogen-bond acceptors (Lipinski definition) is 6. The fourth-order valence-corrected chi connectivity index (χ4v) is 7.18. The number of sulfonamides is 2. The van der Waals surface area contributed by atoms with Gasteiger partial charge in [0, 0.05) is 18.9 Å². The number of fused-ring (bicyclic) bond motifs is 1. The zero-order valence-electron chi connectivity index (χ0n) is 18.3.